The van der Waals surface area contributed by atoms with Crippen LogP contribution in [-0.2, 0) is 4.74 Å². The topological polar surface area (TPSA) is 78.3 Å². The zero-order valence-electron chi connectivity index (χ0n) is 25.1. The molecule has 0 aromatic heterocycles. The number of fused-ring (bicyclic) bond motifs is 5. The number of allylic oxidation sites excluding steroid dienone is 5. The predicted octanol–water partition coefficient (Wildman–Crippen LogP) is 8.50. The van der Waals surface area contributed by atoms with E-state index in [2.05, 4.69) is 59.8 Å². The Bertz CT molecular complexity index is 1190. The fourth-order valence-corrected chi connectivity index (χ4v) is 9.39. The summed E-state index contributed by atoms with van der Waals surface area (Å²) in [7, 11) is 0. The van der Waals surface area contributed by atoms with Gasteiger partial charge in [0.25, 0.3) is 0 Å². The summed E-state index contributed by atoms with van der Waals surface area (Å²) < 4.78 is 6.02. The standard InChI is InChI=1S/C35H50N2O2/c1-21(2)8-7-9-22(3)30-13-15-35(6)31-11-10-24-19-28(39-33(38)25-17-26(36)20-27(37)18-25)16-23(4)32(24)29(31)12-14-34(30,35)5/h8,10-11,17-18,20,22-23,28-30,32H,7,9,12-16,19,36-37H2,1-6H3. The molecule has 0 aliphatic heterocycles. The molecule has 1 aromatic rings. The van der Waals surface area contributed by atoms with E-state index in [4.69, 9.17) is 16.2 Å². The molecule has 4 nitrogen and oxygen atoms in total. The van der Waals surface area contributed by atoms with Crippen LogP contribution in [0.2, 0.25) is 0 Å². The molecule has 5 rings (SSSR count). The van der Waals surface area contributed by atoms with Crippen LogP contribution >= 0.6 is 0 Å². The third-order valence-electron chi connectivity index (χ3n) is 11.4. The van der Waals surface area contributed by atoms with Gasteiger partial charge in [-0.05, 0) is 117 Å². The first-order chi connectivity index (χ1) is 18.4. The third kappa shape index (κ3) is 4.98. The number of esters is 1. The van der Waals surface area contributed by atoms with Crippen molar-refractivity contribution in [3.8, 4) is 0 Å². The summed E-state index contributed by atoms with van der Waals surface area (Å²) in [5.74, 6) is 2.92. The first-order valence-corrected chi connectivity index (χ1v) is 15.3. The molecule has 39 heavy (non-hydrogen) atoms. The van der Waals surface area contributed by atoms with E-state index in [9.17, 15) is 4.79 Å². The molecular formula is C35H50N2O2. The summed E-state index contributed by atoms with van der Waals surface area (Å²) in [6, 6.07) is 4.97. The number of carbonyl (C=O) groups is 1. The average molecular weight is 531 g/mol. The van der Waals surface area contributed by atoms with Crippen molar-refractivity contribution < 1.29 is 9.53 Å². The number of hydrogen-bond donors (Lipinski definition) is 2. The molecule has 8 unspecified atom stereocenters. The minimum absolute atomic E-state index is 0.102. The van der Waals surface area contributed by atoms with E-state index in [0.29, 0.717) is 40.1 Å². The maximum atomic E-state index is 12.9. The Hall–Kier alpha value is -2.49. The summed E-state index contributed by atoms with van der Waals surface area (Å²) in [4.78, 5) is 12.9. The van der Waals surface area contributed by atoms with Crippen LogP contribution in [0.4, 0.5) is 11.4 Å². The smallest absolute Gasteiger partial charge is 0.338 e. The highest BCUT2D eigenvalue weighted by molar-refractivity contribution is 5.91. The first-order valence-electron chi connectivity index (χ1n) is 15.3. The Balaban J connectivity index is 1.33. The van der Waals surface area contributed by atoms with Crippen LogP contribution in [0.25, 0.3) is 0 Å². The molecule has 4 heteroatoms. The molecule has 0 saturated heterocycles. The Morgan fingerprint density at radius 1 is 1.10 bits per heavy atom. The zero-order valence-corrected chi connectivity index (χ0v) is 25.1. The number of rotatable bonds is 6. The van der Waals surface area contributed by atoms with E-state index in [1.165, 1.54) is 49.7 Å². The van der Waals surface area contributed by atoms with Crippen molar-refractivity contribution in [2.75, 3.05) is 11.5 Å². The monoisotopic (exact) mass is 530 g/mol. The zero-order chi connectivity index (χ0) is 28.1. The van der Waals surface area contributed by atoms with E-state index in [-0.39, 0.29) is 17.5 Å². The van der Waals surface area contributed by atoms with Gasteiger partial charge in [-0.2, -0.15) is 0 Å². The van der Waals surface area contributed by atoms with E-state index < -0.39 is 0 Å². The number of nitrogen functional groups attached to an aromatic ring is 2. The third-order valence-corrected chi connectivity index (χ3v) is 11.4. The lowest BCUT2D eigenvalue weighted by molar-refractivity contribution is -0.00807. The van der Waals surface area contributed by atoms with Gasteiger partial charge >= 0.3 is 5.97 Å². The largest absolute Gasteiger partial charge is 0.458 e. The lowest BCUT2D eigenvalue weighted by atomic mass is 9.47. The summed E-state index contributed by atoms with van der Waals surface area (Å²) in [6.45, 7) is 14.5. The van der Waals surface area contributed by atoms with Gasteiger partial charge in [-0.15, -0.1) is 0 Å². The summed E-state index contributed by atoms with van der Waals surface area (Å²) >= 11 is 0. The highest BCUT2D eigenvalue weighted by Crippen LogP contribution is 2.70. The van der Waals surface area contributed by atoms with Gasteiger partial charge in [0.15, 0.2) is 0 Å². The van der Waals surface area contributed by atoms with Gasteiger partial charge in [0.1, 0.15) is 6.10 Å². The first kappa shape index (κ1) is 28.1. The van der Waals surface area contributed by atoms with Crippen LogP contribution in [0.1, 0.15) is 103 Å². The van der Waals surface area contributed by atoms with Crippen LogP contribution in [-0.4, -0.2) is 12.1 Å². The SMILES string of the molecule is CC(C)=CCCC(C)C1CCC2(C)C3=CC=C4CC(OC(=O)c5cc(N)cc(N)c5)CC(C)C4C3CCC12C. The van der Waals surface area contributed by atoms with Gasteiger partial charge in [0.2, 0.25) is 0 Å². The van der Waals surface area contributed by atoms with Crippen molar-refractivity contribution in [3.63, 3.8) is 0 Å². The van der Waals surface area contributed by atoms with Crippen molar-refractivity contribution in [2.24, 2.45) is 40.4 Å². The number of carbonyl (C=O) groups excluding carboxylic acids is 1. The van der Waals surface area contributed by atoms with Crippen molar-refractivity contribution in [3.05, 3.63) is 58.7 Å². The van der Waals surface area contributed by atoms with Crippen molar-refractivity contribution >= 4 is 17.3 Å². The lowest BCUT2D eigenvalue weighted by Crippen LogP contribution is -2.49. The molecule has 0 bridgehead atoms. The highest BCUT2D eigenvalue weighted by atomic mass is 16.5. The summed E-state index contributed by atoms with van der Waals surface area (Å²) in [5.41, 5.74) is 18.5. The second kappa shape index (κ2) is 10.5. The molecule has 0 spiro atoms. The molecule has 8 atom stereocenters. The minimum Gasteiger partial charge on any atom is -0.458 e. The number of hydrogen-bond acceptors (Lipinski definition) is 4. The van der Waals surface area contributed by atoms with Gasteiger partial charge in [-0.3, -0.25) is 0 Å². The fourth-order valence-electron chi connectivity index (χ4n) is 9.39. The highest BCUT2D eigenvalue weighted by Gasteiger charge is 2.61. The van der Waals surface area contributed by atoms with Gasteiger partial charge in [-0.1, -0.05) is 62.6 Å². The average Bonchev–Trinajstić information content (AvgIpc) is 3.14. The van der Waals surface area contributed by atoms with Gasteiger partial charge in [-0.25, -0.2) is 4.79 Å². The quantitative estimate of drug-likeness (QED) is 0.219. The summed E-state index contributed by atoms with van der Waals surface area (Å²) in [6.07, 6.45) is 16.8. The van der Waals surface area contributed by atoms with E-state index >= 15 is 0 Å². The fraction of sp³-hybridized carbons (Fsp3) is 0.629. The van der Waals surface area contributed by atoms with E-state index in [1.807, 2.05) is 0 Å². The van der Waals surface area contributed by atoms with Crippen molar-refractivity contribution in [2.45, 2.75) is 99.0 Å². The number of anilines is 2. The Morgan fingerprint density at radius 2 is 1.82 bits per heavy atom. The van der Waals surface area contributed by atoms with Crippen LogP contribution in [0.15, 0.2) is 53.1 Å². The normalized spacial score (nSPS) is 36.0. The van der Waals surface area contributed by atoms with E-state index in [1.54, 1.807) is 23.8 Å². The van der Waals surface area contributed by atoms with Crippen LogP contribution in [0, 0.1) is 40.4 Å². The second-order valence-electron chi connectivity index (χ2n) is 14.1. The predicted molar refractivity (Wildman–Crippen MR) is 162 cm³/mol. The number of nitrogens with two attached hydrogens (primary N) is 2. The molecule has 0 heterocycles. The molecule has 3 fully saturated rings. The molecule has 3 saturated carbocycles. The number of ether oxygens (including phenoxy) is 1. The molecule has 4 N–H and O–H groups in total. The van der Waals surface area contributed by atoms with Gasteiger partial charge in [0, 0.05) is 17.8 Å². The van der Waals surface area contributed by atoms with Crippen LogP contribution in [0.5, 0.6) is 0 Å². The molecule has 4 aliphatic rings. The number of benzene rings is 1. The maximum Gasteiger partial charge on any atom is 0.338 e. The molecule has 212 valence electrons. The summed E-state index contributed by atoms with van der Waals surface area (Å²) in [5, 5.41) is 0. The molecule has 4 aliphatic carbocycles. The minimum atomic E-state index is -0.325. The van der Waals surface area contributed by atoms with Crippen LogP contribution < -0.4 is 11.5 Å². The lowest BCUT2D eigenvalue weighted by Gasteiger charge is -2.57. The maximum absolute atomic E-state index is 12.9. The van der Waals surface area contributed by atoms with Crippen LogP contribution in [0.3, 0.4) is 0 Å². The Morgan fingerprint density at radius 3 is 2.51 bits per heavy atom. The van der Waals surface area contributed by atoms with Crippen molar-refractivity contribution in [1.29, 1.82) is 0 Å². The molecule has 0 radical (unpaired) electrons. The van der Waals surface area contributed by atoms with Gasteiger partial charge in [0.05, 0.1) is 5.56 Å². The Labute approximate surface area is 236 Å². The molecular weight excluding hydrogens is 480 g/mol. The second-order valence-corrected chi connectivity index (χ2v) is 14.1. The van der Waals surface area contributed by atoms with E-state index in [0.717, 1.165) is 24.7 Å². The molecule has 0 amide bonds. The van der Waals surface area contributed by atoms with Gasteiger partial charge < -0.3 is 16.2 Å². The Kier molecular flexibility index (Phi) is 7.54. The molecule has 1 aromatic carbocycles. The van der Waals surface area contributed by atoms with Crippen molar-refractivity contribution in [1.82, 2.24) is 0 Å².